The molecule has 1 atom stereocenters. The minimum Gasteiger partial charge on any atom is -0.381 e. The van der Waals surface area contributed by atoms with Crippen LogP contribution in [0.5, 0.6) is 0 Å². The lowest BCUT2D eigenvalue weighted by atomic mass is 10.1. The number of aromatic nitrogens is 3. The van der Waals surface area contributed by atoms with Crippen molar-refractivity contribution in [3.63, 3.8) is 0 Å². The summed E-state index contributed by atoms with van der Waals surface area (Å²) in [7, 11) is 3.94. The van der Waals surface area contributed by atoms with Gasteiger partial charge >= 0.3 is 6.03 Å². The van der Waals surface area contributed by atoms with Crippen molar-refractivity contribution in [1.82, 2.24) is 25.3 Å². The molecule has 1 aliphatic rings. The number of carbonyl (C=O) groups excluding carboxylic acids is 1. The van der Waals surface area contributed by atoms with Gasteiger partial charge in [-0.2, -0.15) is 4.98 Å². The van der Waals surface area contributed by atoms with E-state index >= 15 is 0 Å². The second-order valence-corrected chi connectivity index (χ2v) is 6.95. The van der Waals surface area contributed by atoms with Gasteiger partial charge in [0, 0.05) is 33.2 Å². The van der Waals surface area contributed by atoms with Crippen LogP contribution in [-0.2, 0) is 6.54 Å². The van der Waals surface area contributed by atoms with Crippen molar-refractivity contribution in [3.8, 4) is 0 Å². The van der Waals surface area contributed by atoms with Gasteiger partial charge in [-0.15, -0.1) is 0 Å². The predicted octanol–water partition coefficient (Wildman–Crippen LogP) is 2.02. The maximum absolute atomic E-state index is 12.4. The third-order valence-corrected chi connectivity index (χ3v) is 4.55. The van der Waals surface area contributed by atoms with Crippen LogP contribution in [0.2, 0.25) is 0 Å². The van der Waals surface area contributed by atoms with Crippen LogP contribution in [0.3, 0.4) is 0 Å². The van der Waals surface area contributed by atoms with E-state index < -0.39 is 0 Å². The molecule has 2 amide bonds. The molecule has 2 N–H and O–H groups in total. The topological polar surface area (TPSA) is 99.4 Å². The van der Waals surface area contributed by atoms with Crippen LogP contribution in [-0.4, -0.2) is 59.3 Å². The summed E-state index contributed by atoms with van der Waals surface area (Å²) >= 11 is 0. The molecule has 1 aliphatic heterocycles. The van der Waals surface area contributed by atoms with Gasteiger partial charge in [-0.3, -0.25) is 0 Å². The number of hydrogen-bond acceptors (Lipinski definition) is 7. The molecule has 9 heteroatoms. The lowest BCUT2D eigenvalue weighted by Gasteiger charge is -2.21. The fourth-order valence-electron chi connectivity index (χ4n) is 3.09. The van der Waals surface area contributed by atoms with Gasteiger partial charge in [0.1, 0.15) is 5.82 Å². The number of urea groups is 1. The van der Waals surface area contributed by atoms with Crippen molar-refractivity contribution in [3.05, 3.63) is 30.0 Å². The smallest absolute Gasteiger partial charge is 0.317 e. The van der Waals surface area contributed by atoms with Crippen LogP contribution in [0, 0.1) is 6.92 Å². The lowest BCUT2D eigenvalue weighted by Crippen LogP contribution is -2.40. The monoisotopic (exact) mass is 373 g/mol. The molecule has 0 bridgehead atoms. The summed E-state index contributed by atoms with van der Waals surface area (Å²) in [6.07, 6.45) is 4.72. The van der Waals surface area contributed by atoms with Gasteiger partial charge < -0.3 is 25.0 Å². The zero-order valence-electron chi connectivity index (χ0n) is 16.1. The first-order valence-electron chi connectivity index (χ1n) is 9.23. The highest BCUT2D eigenvalue weighted by molar-refractivity contribution is 5.74. The molecule has 3 rings (SSSR count). The normalized spacial score (nSPS) is 17.3. The second kappa shape index (κ2) is 8.70. The summed E-state index contributed by atoms with van der Waals surface area (Å²) < 4.78 is 5.02. The third kappa shape index (κ3) is 5.32. The van der Waals surface area contributed by atoms with Crippen LogP contribution in [0.1, 0.15) is 31.0 Å². The van der Waals surface area contributed by atoms with Crippen molar-refractivity contribution in [2.75, 3.05) is 37.4 Å². The van der Waals surface area contributed by atoms with E-state index in [4.69, 9.17) is 4.52 Å². The van der Waals surface area contributed by atoms with Crippen molar-refractivity contribution < 1.29 is 9.32 Å². The van der Waals surface area contributed by atoms with E-state index in [-0.39, 0.29) is 12.6 Å². The summed E-state index contributed by atoms with van der Waals surface area (Å²) in [6, 6.07) is 4.28. The molecule has 2 aromatic rings. The first-order chi connectivity index (χ1) is 13.0. The van der Waals surface area contributed by atoms with Crippen LogP contribution in [0.15, 0.2) is 22.9 Å². The maximum atomic E-state index is 12.4. The van der Waals surface area contributed by atoms with Gasteiger partial charge in [-0.05, 0) is 38.3 Å². The summed E-state index contributed by atoms with van der Waals surface area (Å²) in [5.74, 6) is 1.92. The molecule has 2 aromatic heterocycles. The Morgan fingerprint density at radius 1 is 1.33 bits per heavy atom. The average molecular weight is 373 g/mol. The Balaban J connectivity index is 1.47. The van der Waals surface area contributed by atoms with Crippen LogP contribution in [0.25, 0.3) is 0 Å². The Bertz CT molecular complexity index is 744. The summed E-state index contributed by atoms with van der Waals surface area (Å²) in [6.45, 7) is 3.45. The van der Waals surface area contributed by atoms with Crippen molar-refractivity contribution in [2.45, 2.75) is 38.8 Å². The molecule has 146 valence electrons. The molecule has 1 fully saturated rings. The number of aryl methyl sites for hydroxylation is 1. The number of nitrogens with one attached hydrogen (secondary N) is 2. The highest BCUT2D eigenvalue weighted by atomic mass is 16.5. The number of nitrogens with zero attached hydrogens (tertiary/aromatic N) is 5. The molecule has 0 unspecified atom stereocenters. The van der Waals surface area contributed by atoms with E-state index in [9.17, 15) is 4.79 Å². The molecule has 0 spiro atoms. The molecule has 0 radical (unpaired) electrons. The molecule has 3 heterocycles. The molecule has 0 aromatic carbocycles. The number of amides is 2. The van der Waals surface area contributed by atoms with Gasteiger partial charge in [-0.1, -0.05) is 5.16 Å². The van der Waals surface area contributed by atoms with Crippen molar-refractivity contribution >= 4 is 17.5 Å². The SMILES string of the molecule is Cc1noc(CNC(=O)N2CCC[C@H](Nc3ccc(N(C)C)nc3)CC2)n1. The fourth-order valence-corrected chi connectivity index (χ4v) is 3.09. The minimum absolute atomic E-state index is 0.0940. The second-order valence-electron chi connectivity index (χ2n) is 6.95. The molecular formula is C18H27N7O2. The van der Waals surface area contributed by atoms with Crippen LogP contribution < -0.4 is 15.5 Å². The predicted molar refractivity (Wildman–Crippen MR) is 103 cm³/mol. The Hall–Kier alpha value is -2.84. The number of rotatable bonds is 5. The molecule has 1 saturated heterocycles. The molecular weight excluding hydrogens is 346 g/mol. The van der Waals surface area contributed by atoms with Gasteiger partial charge in [0.25, 0.3) is 0 Å². The fraction of sp³-hybridized carbons (Fsp3) is 0.556. The highest BCUT2D eigenvalue weighted by Crippen LogP contribution is 2.18. The summed E-state index contributed by atoms with van der Waals surface area (Å²) in [5, 5.41) is 10.1. The van der Waals surface area contributed by atoms with E-state index in [0.717, 1.165) is 37.3 Å². The Morgan fingerprint density at radius 3 is 2.85 bits per heavy atom. The number of anilines is 2. The van der Waals surface area contributed by atoms with Gasteiger partial charge in [0.2, 0.25) is 5.89 Å². The quantitative estimate of drug-likeness (QED) is 0.827. The summed E-state index contributed by atoms with van der Waals surface area (Å²) in [5.41, 5.74) is 1.01. The number of hydrogen-bond donors (Lipinski definition) is 2. The third-order valence-electron chi connectivity index (χ3n) is 4.55. The van der Waals surface area contributed by atoms with E-state index in [1.54, 1.807) is 6.92 Å². The Labute approximate surface area is 159 Å². The average Bonchev–Trinajstić information content (AvgIpc) is 2.93. The number of likely N-dealkylation sites (tertiary alicyclic amines) is 1. The van der Waals surface area contributed by atoms with Crippen LogP contribution >= 0.6 is 0 Å². The zero-order valence-corrected chi connectivity index (χ0v) is 16.1. The maximum Gasteiger partial charge on any atom is 0.317 e. The number of pyridine rings is 1. The van der Waals surface area contributed by atoms with Gasteiger partial charge in [0.15, 0.2) is 5.82 Å². The van der Waals surface area contributed by atoms with E-state index in [0.29, 0.717) is 24.3 Å². The Kier molecular flexibility index (Phi) is 6.10. The van der Waals surface area contributed by atoms with E-state index in [1.165, 1.54) is 0 Å². The van der Waals surface area contributed by atoms with Crippen LogP contribution in [0.4, 0.5) is 16.3 Å². The zero-order chi connectivity index (χ0) is 19.2. The Morgan fingerprint density at radius 2 is 2.19 bits per heavy atom. The largest absolute Gasteiger partial charge is 0.381 e. The first kappa shape index (κ1) is 18.9. The molecule has 9 nitrogen and oxygen atoms in total. The van der Waals surface area contributed by atoms with Crippen molar-refractivity contribution in [2.24, 2.45) is 0 Å². The van der Waals surface area contributed by atoms with E-state index in [1.807, 2.05) is 42.2 Å². The molecule has 27 heavy (non-hydrogen) atoms. The summed E-state index contributed by atoms with van der Waals surface area (Å²) in [4.78, 5) is 24.7. The van der Waals surface area contributed by atoms with Gasteiger partial charge in [0.05, 0.1) is 18.4 Å². The molecule has 0 aliphatic carbocycles. The van der Waals surface area contributed by atoms with Crippen molar-refractivity contribution in [1.29, 1.82) is 0 Å². The highest BCUT2D eigenvalue weighted by Gasteiger charge is 2.21. The number of carbonyl (C=O) groups is 1. The van der Waals surface area contributed by atoms with E-state index in [2.05, 4.69) is 25.8 Å². The minimum atomic E-state index is -0.0940. The molecule has 0 saturated carbocycles. The standard InChI is InChI=1S/C18H27N7O2/c1-13-21-17(27-23-13)12-20-18(26)25-9-4-5-14(8-10-25)22-15-6-7-16(19-11-15)24(2)3/h6-7,11,14,22H,4-5,8-10,12H2,1-3H3,(H,20,26)/t14-/m0/s1. The lowest BCUT2D eigenvalue weighted by molar-refractivity contribution is 0.197. The first-order valence-corrected chi connectivity index (χ1v) is 9.23. The van der Waals surface area contributed by atoms with Gasteiger partial charge in [-0.25, -0.2) is 9.78 Å².